The number of hydrogen-bond acceptors (Lipinski definition) is 4. The molecule has 1 aromatic rings. The van der Waals surface area contributed by atoms with E-state index in [1.165, 1.54) is 0 Å². The number of benzene rings is 1. The fourth-order valence-corrected chi connectivity index (χ4v) is 3.45. The van der Waals surface area contributed by atoms with Gasteiger partial charge in [0.25, 0.3) is 0 Å². The predicted molar refractivity (Wildman–Crippen MR) is 81.1 cm³/mol. The third-order valence-electron chi connectivity index (χ3n) is 3.37. The largest absolute Gasteiger partial charge is 0.381 e. The Bertz CT molecular complexity index is 626. The molecule has 0 spiro atoms. The quantitative estimate of drug-likeness (QED) is 0.785. The Morgan fingerprint density at radius 2 is 2.19 bits per heavy atom. The van der Waals surface area contributed by atoms with Crippen molar-refractivity contribution in [3.8, 4) is 11.8 Å². The van der Waals surface area contributed by atoms with Crippen LogP contribution in [-0.2, 0) is 14.8 Å². The predicted octanol–water partition coefficient (Wildman–Crippen LogP) is 0.702. The molecule has 0 saturated carbocycles. The van der Waals surface area contributed by atoms with Crippen LogP contribution in [0.15, 0.2) is 29.2 Å². The highest BCUT2D eigenvalue weighted by Gasteiger charge is 2.19. The zero-order chi connectivity index (χ0) is 15.1. The van der Waals surface area contributed by atoms with Gasteiger partial charge in [-0.2, -0.15) is 0 Å². The maximum absolute atomic E-state index is 12.3. The molecule has 1 fully saturated rings. The van der Waals surface area contributed by atoms with Crippen molar-refractivity contribution >= 4 is 10.0 Å². The third kappa shape index (κ3) is 4.55. The van der Waals surface area contributed by atoms with Gasteiger partial charge in [0.15, 0.2) is 0 Å². The molecule has 1 aromatic carbocycles. The van der Waals surface area contributed by atoms with E-state index in [1.54, 1.807) is 24.3 Å². The van der Waals surface area contributed by atoms with Gasteiger partial charge in [0, 0.05) is 25.3 Å². The number of sulfonamides is 1. The topological polar surface area (TPSA) is 81.4 Å². The highest BCUT2D eigenvalue weighted by atomic mass is 32.2. The van der Waals surface area contributed by atoms with Crippen molar-refractivity contribution in [2.75, 3.05) is 26.3 Å². The van der Waals surface area contributed by atoms with Crippen LogP contribution in [0.25, 0.3) is 0 Å². The van der Waals surface area contributed by atoms with Crippen LogP contribution in [-0.4, -0.2) is 34.7 Å². The van der Waals surface area contributed by atoms with Crippen LogP contribution in [0.4, 0.5) is 0 Å². The molecular formula is C15H20N2O3S. The lowest BCUT2D eigenvalue weighted by Gasteiger charge is -2.10. The minimum absolute atomic E-state index is 0.198. The van der Waals surface area contributed by atoms with Gasteiger partial charge in [0.1, 0.15) is 0 Å². The van der Waals surface area contributed by atoms with E-state index < -0.39 is 10.0 Å². The molecule has 1 aliphatic heterocycles. The van der Waals surface area contributed by atoms with Crippen LogP contribution in [0.3, 0.4) is 0 Å². The van der Waals surface area contributed by atoms with E-state index in [1.807, 2.05) is 0 Å². The van der Waals surface area contributed by atoms with Gasteiger partial charge in [-0.25, -0.2) is 13.1 Å². The van der Waals surface area contributed by atoms with Crippen molar-refractivity contribution in [1.82, 2.24) is 4.72 Å². The number of hydrogen-bond donors (Lipinski definition) is 2. The van der Waals surface area contributed by atoms with Crippen molar-refractivity contribution in [2.24, 2.45) is 11.7 Å². The van der Waals surface area contributed by atoms with E-state index in [-0.39, 0.29) is 11.4 Å². The molecule has 1 atom stereocenters. The number of ether oxygens (including phenoxy) is 1. The first kappa shape index (κ1) is 16.0. The van der Waals surface area contributed by atoms with Crippen LogP contribution in [0, 0.1) is 17.8 Å². The second-order valence-corrected chi connectivity index (χ2v) is 6.65. The molecule has 2 rings (SSSR count). The van der Waals surface area contributed by atoms with Crippen LogP contribution >= 0.6 is 0 Å². The SMILES string of the molecule is NCC#Cc1ccccc1S(=O)(=O)NCCC1CCOC1. The Morgan fingerprint density at radius 1 is 1.38 bits per heavy atom. The maximum Gasteiger partial charge on any atom is 0.241 e. The van der Waals surface area contributed by atoms with Crippen molar-refractivity contribution in [2.45, 2.75) is 17.7 Å². The number of nitrogens with one attached hydrogen (secondary N) is 1. The van der Waals surface area contributed by atoms with Gasteiger partial charge in [-0.3, -0.25) is 0 Å². The molecule has 5 nitrogen and oxygen atoms in total. The summed E-state index contributed by atoms with van der Waals surface area (Å²) in [5, 5.41) is 0. The number of rotatable bonds is 5. The summed E-state index contributed by atoms with van der Waals surface area (Å²) < 4.78 is 32.6. The number of nitrogens with two attached hydrogens (primary N) is 1. The van der Waals surface area contributed by atoms with E-state index in [0.717, 1.165) is 26.1 Å². The molecule has 1 unspecified atom stereocenters. The molecule has 6 heteroatoms. The highest BCUT2D eigenvalue weighted by Crippen LogP contribution is 2.17. The van der Waals surface area contributed by atoms with Gasteiger partial charge in [-0.1, -0.05) is 24.0 Å². The van der Waals surface area contributed by atoms with Crippen LogP contribution in [0.5, 0.6) is 0 Å². The summed E-state index contributed by atoms with van der Waals surface area (Å²) in [6, 6.07) is 6.69. The van der Waals surface area contributed by atoms with Gasteiger partial charge in [0.2, 0.25) is 10.0 Å². The molecule has 0 aliphatic carbocycles. The van der Waals surface area contributed by atoms with Crippen molar-refractivity contribution in [3.63, 3.8) is 0 Å². The zero-order valence-electron chi connectivity index (χ0n) is 11.8. The summed E-state index contributed by atoms with van der Waals surface area (Å²) in [5.74, 6) is 5.93. The summed E-state index contributed by atoms with van der Waals surface area (Å²) >= 11 is 0. The molecule has 0 bridgehead atoms. The van der Waals surface area contributed by atoms with Crippen molar-refractivity contribution in [1.29, 1.82) is 0 Å². The lowest BCUT2D eigenvalue weighted by Crippen LogP contribution is -2.27. The minimum atomic E-state index is -3.55. The van der Waals surface area contributed by atoms with Crippen molar-refractivity contribution in [3.05, 3.63) is 29.8 Å². The van der Waals surface area contributed by atoms with E-state index in [4.69, 9.17) is 10.5 Å². The molecule has 1 aliphatic rings. The monoisotopic (exact) mass is 308 g/mol. The fraction of sp³-hybridized carbons (Fsp3) is 0.467. The molecule has 0 amide bonds. The fourth-order valence-electron chi connectivity index (χ4n) is 2.24. The Balaban J connectivity index is 2.04. The molecule has 1 heterocycles. The van der Waals surface area contributed by atoms with Gasteiger partial charge >= 0.3 is 0 Å². The van der Waals surface area contributed by atoms with Crippen LogP contribution < -0.4 is 10.5 Å². The Hall–Kier alpha value is -1.39. The second kappa shape index (κ2) is 7.57. The average Bonchev–Trinajstić information content (AvgIpc) is 2.98. The van der Waals surface area contributed by atoms with Crippen LogP contribution in [0.1, 0.15) is 18.4 Å². The summed E-state index contributed by atoms with van der Waals surface area (Å²) in [7, 11) is -3.55. The third-order valence-corrected chi connectivity index (χ3v) is 4.89. The standard InChI is InChI=1S/C15H20N2O3S/c16-9-3-5-14-4-1-2-6-15(14)21(18,19)17-10-7-13-8-11-20-12-13/h1-2,4,6,13,17H,7-12,16H2. The molecule has 1 saturated heterocycles. The summed E-state index contributed by atoms with van der Waals surface area (Å²) in [6.45, 7) is 2.10. The zero-order valence-corrected chi connectivity index (χ0v) is 12.7. The van der Waals surface area contributed by atoms with E-state index >= 15 is 0 Å². The molecular weight excluding hydrogens is 288 g/mol. The maximum atomic E-state index is 12.3. The Labute approximate surface area is 125 Å². The lowest BCUT2D eigenvalue weighted by atomic mass is 10.1. The summed E-state index contributed by atoms with van der Waals surface area (Å²) in [6.07, 6.45) is 1.79. The van der Waals surface area contributed by atoms with E-state index in [9.17, 15) is 8.42 Å². The van der Waals surface area contributed by atoms with E-state index in [0.29, 0.717) is 18.0 Å². The van der Waals surface area contributed by atoms with Gasteiger partial charge in [-0.05, 0) is 30.9 Å². The van der Waals surface area contributed by atoms with Gasteiger partial charge in [0.05, 0.1) is 11.4 Å². The summed E-state index contributed by atoms with van der Waals surface area (Å²) in [5.41, 5.74) is 5.81. The van der Waals surface area contributed by atoms with Gasteiger partial charge < -0.3 is 10.5 Å². The normalized spacial score (nSPS) is 18.2. The smallest absolute Gasteiger partial charge is 0.241 e. The first-order chi connectivity index (χ1) is 10.1. The van der Waals surface area contributed by atoms with E-state index in [2.05, 4.69) is 16.6 Å². The molecule has 0 radical (unpaired) electrons. The first-order valence-electron chi connectivity index (χ1n) is 6.99. The Kier molecular flexibility index (Phi) is 5.76. The summed E-state index contributed by atoms with van der Waals surface area (Å²) in [4.78, 5) is 0.202. The molecule has 21 heavy (non-hydrogen) atoms. The molecule has 3 N–H and O–H groups in total. The minimum Gasteiger partial charge on any atom is -0.381 e. The first-order valence-corrected chi connectivity index (χ1v) is 8.47. The molecule has 114 valence electrons. The second-order valence-electron chi connectivity index (χ2n) is 4.92. The lowest BCUT2D eigenvalue weighted by molar-refractivity contribution is 0.184. The highest BCUT2D eigenvalue weighted by molar-refractivity contribution is 7.89. The molecule has 0 aromatic heterocycles. The van der Waals surface area contributed by atoms with Crippen molar-refractivity contribution < 1.29 is 13.2 Å². The average molecular weight is 308 g/mol. The Morgan fingerprint density at radius 3 is 2.90 bits per heavy atom. The van der Waals surface area contributed by atoms with Gasteiger partial charge in [-0.15, -0.1) is 0 Å². The van der Waals surface area contributed by atoms with Crippen LogP contribution in [0.2, 0.25) is 0 Å².